The summed E-state index contributed by atoms with van der Waals surface area (Å²) in [6.45, 7) is 26.3. The molecular weight excluding hydrogens is 689 g/mol. The first-order valence-electron chi connectivity index (χ1n) is 21.9. The largest absolute Gasteiger partial charge is 0.465 e. The predicted octanol–water partition coefficient (Wildman–Crippen LogP) is 15.9. The zero-order chi connectivity index (χ0) is 42.1. The van der Waals surface area contributed by atoms with Gasteiger partial charge >= 0.3 is 11.9 Å². The molecule has 0 aromatic carbocycles. The first-order valence-corrected chi connectivity index (χ1v) is 21.9. The monoisotopic (exact) mass is 773 g/mol. The molecule has 4 nitrogen and oxygen atoms in total. The van der Waals surface area contributed by atoms with Crippen LogP contribution in [0.5, 0.6) is 0 Å². The summed E-state index contributed by atoms with van der Waals surface area (Å²) in [7, 11) is 0. The molecule has 0 fully saturated rings. The van der Waals surface area contributed by atoms with Crippen molar-refractivity contribution in [2.45, 2.75) is 192 Å². The van der Waals surface area contributed by atoms with Gasteiger partial charge in [-0.2, -0.15) is 0 Å². The Labute approximate surface area is 346 Å². The highest BCUT2D eigenvalue weighted by atomic mass is 16.6. The van der Waals surface area contributed by atoms with Crippen molar-refractivity contribution in [1.29, 1.82) is 0 Å². The summed E-state index contributed by atoms with van der Waals surface area (Å²) >= 11 is 0. The Morgan fingerprint density at radius 1 is 0.357 bits per heavy atom. The lowest BCUT2D eigenvalue weighted by molar-refractivity contribution is -0.161. The molecule has 0 saturated carbocycles. The zero-order valence-electron chi connectivity index (χ0n) is 38.3. The van der Waals surface area contributed by atoms with E-state index in [2.05, 4.69) is 118 Å². The van der Waals surface area contributed by atoms with Crippen LogP contribution < -0.4 is 0 Å². The maximum Gasteiger partial charge on any atom is 0.320 e. The topological polar surface area (TPSA) is 52.6 Å². The minimum absolute atomic E-state index is 0.250. The molecule has 0 aliphatic heterocycles. The molecule has 0 atom stereocenters. The standard InChI is InChI=1S/C52H84O4/c1-13-55-51(53)50(52(54)56-14-2)40-39-49(12)38-22-37-48(11)36-21-35-47(10)34-20-33-46(9)32-19-31-45(8)30-18-29-44(7)28-17-27-43(6)26-16-25-42(5)24-15-23-41(3)4/h23,25,27,29,31,33,35,37,39,50H,13-22,24,26,28,30,32,34,36,38,40H2,1-12H3/b42-25+,43-27+,44-29-,45-31-,46-33-,47-35-,48-37-,49-39-. The summed E-state index contributed by atoms with van der Waals surface area (Å²) in [6, 6.07) is 0. The van der Waals surface area contributed by atoms with Crippen molar-refractivity contribution >= 4 is 11.9 Å². The molecule has 0 N–H and O–H groups in total. The summed E-state index contributed by atoms with van der Waals surface area (Å²) in [5.41, 5.74) is 13.0. The molecule has 0 aliphatic carbocycles. The van der Waals surface area contributed by atoms with Crippen LogP contribution in [0.15, 0.2) is 105 Å². The SMILES string of the molecule is CCOC(=O)C(C/C=C(/C)CC/C=C(/C)CC/C=C(/C)CC/C=C(/C)CC/C=C(/C)CC/C=C(/C)CC/C=C(\C)CC/C=C(\C)CCC=C(C)C)C(=O)OCC. The van der Waals surface area contributed by atoms with Gasteiger partial charge < -0.3 is 9.47 Å². The van der Waals surface area contributed by atoms with E-state index in [9.17, 15) is 9.59 Å². The molecule has 316 valence electrons. The van der Waals surface area contributed by atoms with Gasteiger partial charge in [-0.05, 0) is 192 Å². The Morgan fingerprint density at radius 2 is 0.571 bits per heavy atom. The van der Waals surface area contributed by atoms with Crippen LogP contribution in [0.3, 0.4) is 0 Å². The van der Waals surface area contributed by atoms with E-state index < -0.39 is 17.9 Å². The van der Waals surface area contributed by atoms with Crippen LogP contribution in [-0.2, 0) is 19.1 Å². The van der Waals surface area contributed by atoms with E-state index in [0.717, 1.165) is 95.5 Å². The van der Waals surface area contributed by atoms with Crippen LogP contribution in [0.2, 0.25) is 0 Å². The Bertz CT molecular complexity index is 1400. The van der Waals surface area contributed by atoms with E-state index in [1.165, 1.54) is 57.4 Å². The van der Waals surface area contributed by atoms with Crippen LogP contribution in [0.25, 0.3) is 0 Å². The van der Waals surface area contributed by atoms with E-state index in [1.54, 1.807) is 13.8 Å². The second-order valence-corrected chi connectivity index (χ2v) is 16.3. The van der Waals surface area contributed by atoms with Crippen molar-refractivity contribution in [3.05, 3.63) is 105 Å². The third-order valence-electron chi connectivity index (χ3n) is 10.2. The molecular formula is C52H84O4. The number of esters is 2. The van der Waals surface area contributed by atoms with Crippen molar-refractivity contribution in [2.24, 2.45) is 5.92 Å². The van der Waals surface area contributed by atoms with Crippen LogP contribution in [0, 0.1) is 5.92 Å². The summed E-state index contributed by atoms with van der Waals surface area (Å²) in [5, 5.41) is 0. The lowest BCUT2D eigenvalue weighted by Gasteiger charge is -2.13. The van der Waals surface area contributed by atoms with Gasteiger partial charge in [-0.15, -0.1) is 0 Å². The number of ether oxygens (including phenoxy) is 2. The quantitative estimate of drug-likeness (QED) is 0.0414. The van der Waals surface area contributed by atoms with Gasteiger partial charge in [0, 0.05) is 0 Å². The molecule has 0 spiro atoms. The van der Waals surface area contributed by atoms with Crippen molar-refractivity contribution in [1.82, 2.24) is 0 Å². The number of rotatable bonds is 30. The molecule has 0 bridgehead atoms. The van der Waals surface area contributed by atoms with Gasteiger partial charge in [-0.25, -0.2) is 0 Å². The summed E-state index contributed by atoms with van der Waals surface area (Å²) in [5.74, 6) is -1.91. The smallest absolute Gasteiger partial charge is 0.320 e. The minimum atomic E-state index is -0.889. The molecule has 0 saturated heterocycles. The van der Waals surface area contributed by atoms with Crippen LogP contribution >= 0.6 is 0 Å². The predicted molar refractivity (Wildman–Crippen MR) is 245 cm³/mol. The third-order valence-corrected chi connectivity index (χ3v) is 10.2. The highest BCUT2D eigenvalue weighted by Crippen LogP contribution is 2.19. The number of hydrogen-bond acceptors (Lipinski definition) is 4. The third kappa shape index (κ3) is 30.8. The summed E-state index contributed by atoms with van der Waals surface area (Å²) < 4.78 is 10.1. The highest BCUT2D eigenvalue weighted by molar-refractivity contribution is 5.95. The molecule has 0 amide bonds. The fourth-order valence-electron chi connectivity index (χ4n) is 6.32. The van der Waals surface area contributed by atoms with E-state index in [0.29, 0.717) is 6.42 Å². The summed E-state index contributed by atoms with van der Waals surface area (Å²) in [6.07, 6.45) is 39.3. The van der Waals surface area contributed by atoms with Crippen molar-refractivity contribution in [3.63, 3.8) is 0 Å². The van der Waals surface area contributed by atoms with Crippen LogP contribution in [0.4, 0.5) is 0 Å². The molecule has 0 heterocycles. The molecule has 56 heavy (non-hydrogen) atoms. The molecule has 0 aromatic heterocycles. The van der Waals surface area contributed by atoms with Gasteiger partial charge in [0.05, 0.1) is 13.2 Å². The van der Waals surface area contributed by atoms with Crippen molar-refractivity contribution in [2.75, 3.05) is 13.2 Å². The van der Waals surface area contributed by atoms with E-state index in [1.807, 2.05) is 6.08 Å². The number of carbonyl (C=O) groups excluding carboxylic acids is 2. The Kier molecular flexibility index (Phi) is 31.7. The fraction of sp³-hybridized carbons (Fsp3) is 0.615. The van der Waals surface area contributed by atoms with Gasteiger partial charge in [-0.3, -0.25) is 9.59 Å². The van der Waals surface area contributed by atoms with Crippen molar-refractivity contribution < 1.29 is 19.1 Å². The van der Waals surface area contributed by atoms with E-state index in [-0.39, 0.29) is 13.2 Å². The van der Waals surface area contributed by atoms with Gasteiger partial charge in [0.25, 0.3) is 0 Å². The van der Waals surface area contributed by atoms with E-state index >= 15 is 0 Å². The number of carbonyl (C=O) groups is 2. The lowest BCUT2D eigenvalue weighted by Crippen LogP contribution is -2.27. The molecule has 0 aromatic rings. The molecule has 0 unspecified atom stereocenters. The number of allylic oxidation sites excluding steroid dienone is 18. The van der Waals surface area contributed by atoms with Crippen LogP contribution in [-0.4, -0.2) is 25.2 Å². The van der Waals surface area contributed by atoms with Gasteiger partial charge in [0.1, 0.15) is 0 Å². The maximum atomic E-state index is 12.2. The maximum absolute atomic E-state index is 12.2. The Morgan fingerprint density at radius 3 is 0.786 bits per heavy atom. The van der Waals surface area contributed by atoms with Gasteiger partial charge in [0.2, 0.25) is 0 Å². The van der Waals surface area contributed by atoms with Gasteiger partial charge in [0.15, 0.2) is 5.92 Å². The van der Waals surface area contributed by atoms with Crippen LogP contribution in [0.1, 0.15) is 192 Å². The second-order valence-electron chi connectivity index (χ2n) is 16.3. The number of hydrogen-bond donors (Lipinski definition) is 0. The molecule has 0 radical (unpaired) electrons. The van der Waals surface area contributed by atoms with E-state index in [4.69, 9.17) is 9.47 Å². The average molecular weight is 773 g/mol. The summed E-state index contributed by atoms with van der Waals surface area (Å²) in [4.78, 5) is 24.4. The molecule has 4 heteroatoms. The first kappa shape index (κ1) is 52.6. The minimum Gasteiger partial charge on any atom is -0.465 e. The molecule has 0 rings (SSSR count). The Balaban J connectivity index is 4.39. The Hall–Kier alpha value is -3.40. The average Bonchev–Trinajstić information content (AvgIpc) is 3.11. The zero-order valence-corrected chi connectivity index (χ0v) is 38.3. The van der Waals surface area contributed by atoms with Gasteiger partial charge in [-0.1, -0.05) is 105 Å². The molecule has 0 aliphatic rings. The fourth-order valence-corrected chi connectivity index (χ4v) is 6.32. The lowest BCUT2D eigenvalue weighted by atomic mass is 10.0. The second kappa shape index (κ2) is 33.7. The highest BCUT2D eigenvalue weighted by Gasteiger charge is 2.28. The van der Waals surface area contributed by atoms with Crippen molar-refractivity contribution in [3.8, 4) is 0 Å². The first-order chi connectivity index (χ1) is 26.7. The normalized spacial score (nSPS) is 14.1.